The van der Waals surface area contributed by atoms with Gasteiger partial charge in [-0.3, -0.25) is 9.59 Å². The van der Waals surface area contributed by atoms with Crippen LogP contribution in [-0.2, 0) is 14.3 Å². The first kappa shape index (κ1) is 71.3. The largest absolute Gasteiger partial charge is 0.466 e. The smallest absolute Gasteiger partial charge is 0.305 e. The highest BCUT2D eigenvalue weighted by atomic mass is 16.5. The van der Waals surface area contributed by atoms with Crippen molar-refractivity contribution in [3.05, 3.63) is 24.3 Å². The molecule has 2 atom stereocenters. The summed E-state index contributed by atoms with van der Waals surface area (Å²) in [6.45, 7) is 4.93. The molecule has 0 aromatic rings. The number of rotatable bonds is 62. The molecule has 0 aliphatic heterocycles. The van der Waals surface area contributed by atoms with E-state index in [1.165, 1.54) is 302 Å². The first-order valence-electron chi connectivity index (χ1n) is 33.1. The Morgan fingerprint density at radius 1 is 0.370 bits per heavy atom. The van der Waals surface area contributed by atoms with Gasteiger partial charge in [0, 0.05) is 12.8 Å². The van der Waals surface area contributed by atoms with E-state index in [9.17, 15) is 19.8 Å². The van der Waals surface area contributed by atoms with E-state index in [0.717, 1.165) is 38.5 Å². The number of carbonyl (C=O) groups excluding carboxylic acids is 2. The first-order chi connectivity index (χ1) is 36.0. The number of hydrogen-bond acceptors (Lipinski definition) is 5. The molecule has 0 radical (unpaired) electrons. The van der Waals surface area contributed by atoms with Gasteiger partial charge in [0.05, 0.1) is 25.4 Å². The number of aliphatic hydroxyl groups excluding tert-OH is 2. The minimum Gasteiger partial charge on any atom is -0.466 e. The van der Waals surface area contributed by atoms with Crippen LogP contribution in [0, 0.1) is 0 Å². The minimum atomic E-state index is -0.846. The molecule has 2 unspecified atom stereocenters. The van der Waals surface area contributed by atoms with Gasteiger partial charge in [-0.2, -0.15) is 0 Å². The van der Waals surface area contributed by atoms with E-state index >= 15 is 0 Å². The van der Waals surface area contributed by atoms with Crippen molar-refractivity contribution in [1.29, 1.82) is 0 Å². The van der Waals surface area contributed by atoms with E-state index in [2.05, 4.69) is 31.3 Å². The third kappa shape index (κ3) is 59.4. The van der Waals surface area contributed by atoms with Crippen LogP contribution >= 0.6 is 0 Å². The average molecular weight is 1030 g/mol. The fourth-order valence-electron chi connectivity index (χ4n) is 10.4. The Labute approximate surface area is 456 Å². The highest BCUT2D eigenvalue weighted by Crippen LogP contribution is 2.18. The zero-order chi connectivity index (χ0) is 52.9. The number of amides is 1. The molecule has 0 aromatic carbocycles. The maximum atomic E-state index is 12.5. The minimum absolute atomic E-state index is 0.0158. The van der Waals surface area contributed by atoms with Crippen molar-refractivity contribution in [3.8, 4) is 0 Å². The molecule has 0 spiro atoms. The van der Waals surface area contributed by atoms with Crippen molar-refractivity contribution in [2.45, 2.75) is 379 Å². The zero-order valence-electron chi connectivity index (χ0n) is 49.4. The molecule has 6 heteroatoms. The van der Waals surface area contributed by atoms with Gasteiger partial charge in [0.1, 0.15) is 0 Å². The van der Waals surface area contributed by atoms with E-state index in [0.29, 0.717) is 19.4 Å². The Morgan fingerprint density at radius 2 is 0.644 bits per heavy atom. The second-order valence-electron chi connectivity index (χ2n) is 22.8. The Bertz CT molecular complexity index is 1140. The van der Waals surface area contributed by atoms with Crippen molar-refractivity contribution in [2.24, 2.45) is 0 Å². The lowest BCUT2D eigenvalue weighted by molar-refractivity contribution is -0.143. The highest BCUT2D eigenvalue weighted by Gasteiger charge is 2.18. The molecule has 0 aromatic heterocycles. The van der Waals surface area contributed by atoms with Crippen LogP contribution in [0.4, 0.5) is 0 Å². The maximum absolute atomic E-state index is 12.5. The number of aliphatic hydroxyl groups is 2. The molecule has 432 valence electrons. The van der Waals surface area contributed by atoms with Gasteiger partial charge in [-0.25, -0.2) is 0 Å². The summed E-state index contributed by atoms with van der Waals surface area (Å²) >= 11 is 0. The molecule has 0 heterocycles. The second kappa shape index (κ2) is 62.9. The van der Waals surface area contributed by atoms with Crippen LogP contribution < -0.4 is 5.32 Å². The molecule has 0 saturated heterocycles. The van der Waals surface area contributed by atoms with Crippen LogP contribution in [0.15, 0.2) is 24.3 Å². The SMILES string of the molecule is CCCCCCCCCCCCCCCCC/C=C/C(O)C(CO)NC(=O)CCCCCCCCCCC/C=C\CCCCCCCCCCCCCCOC(=O)CCCCCCCCCCCCCCCC. The topological polar surface area (TPSA) is 95.9 Å². The molecule has 0 aliphatic carbocycles. The van der Waals surface area contributed by atoms with E-state index in [1.807, 2.05) is 6.08 Å². The fraction of sp³-hybridized carbons (Fsp3) is 0.910. The van der Waals surface area contributed by atoms with Gasteiger partial charge in [0.15, 0.2) is 0 Å². The third-order valence-electron chi connectivity index (χ3n) is 15.5. The lowest BCUT2D eigenvalue weighted by Gasteiger charge is -2.20. The van der Waals surface area contributed by atoms with Crippen LogP contribution in [-0.4, -0.2) is 47.4 Å². The van der Waals surface area contributed by atoms with Crippen molar-refractivity contribution in [2.75, 3.05) is 13.2 Å². The molecular formula is C67H129NO5. The first-order valence-corrected chi connectivity index (χ1v) is 33.1. The number of esters is 1. The third-order valence-corrected chi connectivity index (χ3v) is 15.5. The molecule has 0 saturated carbocycles. The molecule has 73 heavy (non-hydrogen) atoms. The lowest BCUT2D eigenvalue weighted by atomic mass is 10.0. The summed E-state index contributed by atoms with van der Waals surface area (Å²) in [4.78, 5) is 24.5. The zero-order valence-corrected chi connectivity index (χ0v) is 49.4. The average Bonchev–Trinajstić information content (AvgIpc) is 3.39. The van der Waals surface area contributed by atoms with Crippen molar-refractivity contribution in [3.63, 3.8) is 0 Å². The Balaban J connectivity index is 3.41. The lowest BCUT2D eigenvalue weighted by Crippen LogP contribution is -2.45. The van der Waals surface area contributed by atoms with Gasteiger partial charge >= 0.3 is 5.97 Å². The molecule has 6 nitrogen and oxygen atoms in total. The Morgan fingerprint density at radius 3 is 0.973 bits per heavy atom. The Hall–Kier alpha value is -1.66. The summed E-state index contributed by atoms with van der Waals surface area (Å²) in [5.41, 5.74) is 0. The summed E-state index contributed by atoms with van der Waals surface area (Å²) in [5.74, 6) is -0.0526. The monoisotopic (exact) mass is 1030 g/mol. The van der Waals surface area contributed by atoms with Crippen molar-refractivity contribution >= 4 is 11.9 Å². The van der Waals surface area contributed by atoms with Crippen LogP contribution in [0.1, 0.15) is 367 Å². The van der Waals surface area contributed by atoms with E-state index in [-0.39, 0.29) is 18.5 Å². The predicted molar refractivity (Wildman–Crippen MR) is 320 cm³/mol. The predicted octanol–water partition coefficient (Wildman–Crippen LogP) is 21.0. The molecule has 0 rings (SSSR count). The van der Waals surface area contributed by atoms with Gasteiger partial charge in [0.25, 0.3) is 0 Å². The van der Waals surface area contributed by atoms with Gasteiger partial charge in [-0.15, -0.1) is 0 Å². The molecule has 0 aliphatic rings. The molecule has 0 bridgehead atoms. The summed E-state index contributed by atoms with van der Waals surface area (Å²) in [6, 6.07) is -0.630. The van der Waals surface area contributed by atoms with Crippen molar-refractivity contribution in [1.82, 2.24) is 5.32 Å². The molecular weight excluding hydrogens is 899 g/mol. The van der Waals surface area contributed by atoms with Crippen LogP contribution in [0.5, 0.6) is 0 Å². The summed E-state index contributed by atoms with van der Waals surface area (Å²) in [7, 11) is 0. The van der Waals surface area contributed by atoms with Crippen LogP contribution in [0.2, 0.25) is 0 Å². The normalized spacial score (nSPS) is 12.7. The number of unbranched alkanes of at least 4 members (excludes halogenated alkanes) is 49. The Kier molecular flexibility index (Phi) is 61.4. The van der Waals surface area contributed by atoms with E-state index in [4.69, 9.17) is 4.74 Å². The van der Waals surface area contributed by atoms with Gasteiger partial charge in [-0.05, 0) is 57.8 Å². The van der Waals surface area contributed by atoms with Crippen molar-refractivity contribution < 1.29 is 24.5 Å². The van der Waals surface area contributed by atoms with E-state index in [1.54, 1.807) is 6.08 Å². The number of ether oxygens (including phenoxy) is 1. The second-order valence-corrected chi connectivity index (χ2v) is 22.8. The van der Waals surface area contributed by atoms with Gasteiger partial charge < -0.3 is 20.3 Å². The van der Waals surface area contributed by atoms with Gasteiger partial charge in [0.2, 0.25) is 5.91 Å². The van der Waals surface area contributed by atoms with Gasteiger partial charge in [-0.1, -0.05) is 321 Å². The molecule has 0 fully saturated rings. The standard InChI is InChI=1S/C67H129NO5/c1-3-5-7-9-11-13-15-17-19-29-32-35-39-43-47-51-55-59-65(70)64(63-69)68-66(71)60-56-52-48-44-40-36-33-30-27-25-23-21-20-22-24-26-28-31-34-38-42-46-50-54-58-62-73-67(72)61-57-53-49-45-41-37-18-16-14-12-10-8-6-4-2/h21,23,55,59,64-65,69-70H,3-20,22,24-54,56-58,60-63H2,1-2H3,(H,68,71)/b23-21-,59-55+. The quantitative estimate of drug-likeness (QED) is 0.0320. The van der Waals surface area contributed by atoms with E-state index < -0.39 is 12.1 Å². The summed E-state index contributed by atoms with van der Waals surface area (Å²) in [6.07, 6.45) is 78.0. The summed E-state index contributed by atoms with van der Waals surface area (Å²) in [5, 5.41) is 23.2. The van der Waals surface area contributed by atoms with Crippen LogP contribution in [0.3, 0.4) is 0 Å². The highest BCUT2D eigenvalue weighted by molar-refractivity contribution is 5.76. The molecule has 3 N–H and O–H groups in total. The number of hydrogen-bond donors (Lipinski definition) is 3. The number of carbonyl (C=O) groups is 2. The molecule has 1 amide bonds. The van der Waals surface area contributed by atoms with Crippen LogP contribution in [0.25, 0.3) is 0 Å². The number of allylic oxidation sites excluding steroid dienone is 3. The number of nitrogens with one attached hydrogen (secondary N) is 1. The fourth-order valence-corrected chi connectivity index (χ4v) is 10.4. The summed E-state index contributed by atoms with van der Waals surface area (Å²) < 4.78 is 5.49. The maximum Gasteiger partial charge on any atom is 0.305 e.